The Kier molecular flexibility index (Phi) is 8.83. The topological polar surface area (TPSA) is 126 Å². The molecule has 0 aliphatic carbocycles. The number of rotatable bonds is 7. The van der Waals surface area contributed by atoms with Crippen molar-refractivity contribution >= 4 is 40.6 Å². The number of cyclic esters (lactones) is 1. The number of hydrogen-bond acceptors (Lipinski definition) is 11. The standard InChI is InChI=1S/C26H19FN2O6S.C8H7FO2/c1-32-21-6-2-14(11-18(21)27)10-17-24(15-3-5-19-20(12-15)29-36-28-19)25(30)35-26(17,31)16-4-7-22-23(13-16)34-9-8-33-22;1-11-8-3-2-6(5-10)4-7(8)9/h2-7,11-13,31H,8-10H2,1H3;2-5H,1H3. The van der Waals surface area contributed by atoms with Crippen LogP contribution in [0.4, 0.5) is 8.78 Å². The normalized spacial score (nSPS) is 16.7. The number of halogens is 2. The van der Waals surface area contributed by atoms with Gasteiger partial charge >= 0.3 is 5.97 Å². The van der Waals surface area contributed by atoms with E-state index < -0.39 is 23.4 Å². The average Bonchev–Trinajstić information content (AvgIpc) is 3.66. The molecule has 2 aliphatic heterocycles. The number of benzene rings is 4. The first kappa shape index (κ1) is 31.6. The van der Waals surface area contributed by atoms with Gasteiger partial charge in [-0.1, -0.05) is 12.1 Å². The molecule has 0 spiro atoms. The maximum atomic E-state index is 14.5. The van der Waals surface area contributed by atoms with Crippen LogP contribution in [-0.4, -0.2) is 53.5 Å². The van der Waals surface area contributed by atoms with E-state index in [0.717, 1.165) is 17.8 Å². The van der Waals surface area contributed by atoms with Crippen molar-refractivity contribution in [1.29, 1.82) is 0 Å². The molecule has 47 heavy (non-hydrogen) atoms. The van der Waals surface area contributed by atoms with Gasteiger partial charge in [-0.3, -0.25) is 4.79 Å². The SMILES string of the molecule is COc1ccc(C=O)cc1F.COc1ccc(CC2=C(c3ccc4nsnc4c3)C(=O)OC2(O)c2ccc3c(c2)OCCO3)cc1F. The third-order valence-corrected chi connectivity index (χ3v) is 8.10. The number of fused-ring (bicyclic) bond motifs is 2. The molecular weight excluding hydrogens is 634 g/mol. The Balaban J connectivity index is 0.000000300. The van der Waals surface area contributed by atoms with E-state index >= 15 is 0 Å². The van der Waals surface area contributed by atoms with Crippen molar-refractivity contribution in [3.63, 3.8) is 0 Å². The lowest BCUT2D eigenvalue weighted by molar-refractivity contribution is -0.185. The summed E-state index contributed by atoms with van der Waals surface area (Å²) in [7, 11) is 2.76. The first-order valence-electron chi connectivity index (χ1n) is 14.2. The fourth-order valence-corrected chi connectivity index (χ4v) is 5.76. The summed E-state index contributed by atoms with van der Waals surface area (Å²) in [5, 5.41) is 11.9. The molecule has 7 rings (SSSR count). The molecule has 0 saturated carbocycles. The first-order chi connectivity index (χ1) is 22.7. The highest BCUT2D eigenvalue weighted by Gasteiger charge is 2.48. The van der Waals surface area contributed by atoms with Gasteiger partial charge in [0.15, 0.2) is 34.6 Å². The second kappa shape index (κ2) is 13.1. The maximum Gasteiger partial charge on any atom is 0.342 e. The summed E-state index contributed by atoms with van der Waals surface area (Å²) in [6.45, 7) is 0.771. The van der Waals surface area contributed by atoms with Crippen LogP contribution >= 0.6 is 11.7 Å². The summed E-state index contributed by atoms with van der Waals surface area (Å²) in [5.74, 6) is -2.69. The van der Waals surface area contributed by atoms with Gasteiger partial charge in [-0.2, -0.15) is 8.75 Å². The molecule has 2 aliphatic rings. The summed E-state index contributed by atoms with van der Waals surface area (Å²) in [6, 6.07) is 18.6. The molecular formula is C34H26F2N2O8S. The van der Waals surface area contributed by atoms with E-state index in [0.29, 0.717) is 58.7 Å². The monoisotopic (exact) mass is 660 g/mol. The van der Waals surface area contributed by atoms with Crippen molar-refractivity contribution in [2.24, 2.45) is 0 Å². The smallest absolute Gasteiger partial charge is 0.342 e. The molecule has 3 heterocycles. The molecule has 0 bridgehead atoms. The third-order valence-electron chi connectivity index (χ3n) is 7.54. The Morgan fingerprint density at radius 2 is 1.57 bits per heavy atom. The van der Waals surface area contributed by atoms with Gasteiger partial charge in [0.1, 0.15) is 30.5 Å². The zero-order chi connectivity index (χ0) is 33.1. The van der Waals surface area contributed by atoms with Gasteiger partial charge in [0.25, 0.3) is 5.79 Å². The van der Waals surface area contributed by atoms with Crippen molar-refractivity contribution in [2.75, 3.05) is 27.4 Å². The number of carbonyl (C=O) groups excluding carboxylic acids is 2. The predicted molar refractivity (Wildman–Crippen MR) is 167 cm³/mol. The van der Waals surface area contributed by atoms with Crippen LogP contribution in [0, 0.1) is 11.6 Å². The molecule has 1 atom stereocenters. The minimum Gasteiger partial charge on any atom is -0.494 e. The fraction of sp³-hybridized carbons (Fsp3) is 0.176. The Labute approximate surface area is 271 Å². The zero-order valence-electron chi connectivity index (χ0n) is 25.0. The first-order valence-corrected chi connectivity index (χ1v) is 14.9. The van der Waals surface area contributed by atoms with E-state index in [2.05, 4.69) is 13.5 Å². The van der Waals surface area contributed by atoms with Crippen molar-refractivity contribution in [3.8, 4) is 23.0 Å². The number of hydrogen-bond donors (Lipinski definition) is 1. The molecule has 10 nitrogen and oxygen atoms in total. The summed E-state index contributed by atoms with van der Waals surface area (Å²) in [4.78, 5) is 23.4. The van der Waals surface area contributed by atoms with Crippen molar-refractivity contribution in [3.05, 3.63) is 112 Å². The minimum atomic E-state index is -2.12. The number of nitrogens with zero attached hydrogens (tertiary/aromatic N) is 2. The quantitative estimate of drug-likeness (QED) is 0.173. The van der Waals surface area contributed by atoms with E-state index in [1.807, 2.05) is 0 Å². The van der Waals surface area contributed by atoms with Crippen LogP contribution in [0.5, 0.6) is 23.0 Å². The lowest BCUT2D eigenvalue weighted by atomic mass is 9.87. The zero-order valence-corrected chi connectivity index (χ0v) is 25.8. The summed E-state index contributed by atoms with van der Waals surface area (Å²) >= 11 is 1.06. The number of carbonyl (C=O) groups is 2. The van der Waals surface area contributed by atoms with Gasteiger partial charge in [0, 0.05) is 23.1 Å². The molecule has 0 fully saturated rings. The Hall–Kier alpha value is -5.40. The van der Waals surface area contributed by atoms with Crippen LogP contribution in [0.3, 0.4) is 0 Å². The number of ether oxygens (including phenoxy) is 5. The second-order valence-corrected chi connectivity index (χ2v) is 10.9. The van der Waals surface area contributed by atoms with E-state index in [-0.39, 0.29) is 34.6 Å². The highest BCUT2D eigenvalue weighted by molar-refractivity contribution is 7.00. The number of esters is 1. The second-order valence-electron chi connectivity index (χ2n) is 10.4. The van der Waals surface area contributed by atoms with E-state index in [9.17, 15) is 23.5 Å². The molecule has 1 aromatic heterocycles. The molecule has 0 amide bonds. The van der Waals surface area contributed by atoms with E-state index in [1.54, 1.807) is 42.5 Å². The number of methoxy groups -OCH3 is 2. The van der Waals surface area contributed by atoms with Crippen LogP contribution in [0.2, 0.25) is 0 Å². The van der Waals surface area contributed by atoms with Crippen molar-refractivity contribution < 1.29 is 47.2 Å². The van der Waals surface area contributed by atoms with E-state index in [4.69, 9.17) is 18.9 Å². The lowest BCUT2D eigenvalue weighted by Gasteiger charge is -2.27. The highest BCUT2D eigenvalue weighted by Crippen LogP contribution is 2.47. The molecule has 0 radical (unpaired) electrons. The van der Waals surface area contributed by atoms with Gasteiger partial charge in [-0.05, 0) is 71.8 Å². The van der Waals surface area contributed by atoms with Gasteiger partial charge in [-0.15, -0.1) is 0 Å². The molecule has 240 valence electrons. The fourth-order valence-electron chi connectivity index (χ4n) is 5.24. The van der Waals surface area contributed by atoms with Crippen molar-refractivity contribution in [2.45, 2.75) is 12.2 Å². The molecule has 5 aromatic rings. The minimum absolute atomic E-state index is 0.0281. The Morgan fingerprint density at radius 3 is 2.28 bits per heavy atom. The number of aldehydes is 1. The largest absolute Gasteiger partial charge is 0.494 e. The molecule has 0 saturated heterocycles. The predicted octanol–water partition coefficient (Wildman–Crippen LogP) is 5.66. The summed E-state index contributed by atoms with van der Waals surface area (Å²) in [5.41, 5.74) is 3.37. The van der Waals surface area contributed by atoms with Crippen LogP contribution in [0.15, 0.2) is 78.4 Å². The van der Waals surface area contributed by atoms with Gasteiger partial charge in [-0.25, -0.2) is 13.6 Å². The Morgan fingerprint density at radius 1 is 0.872 bits per heavy atom. The lowest BCUT2D eigenvalue weighted by Crippen LogP contribution is -2.30. The van der Waals surface area contributed by atoms with E-state index in [1.165, 1.54) is 38.5 Å². The molecule has 13 heteroatoms. The summed E-state index contributed by atoms with van der Waals surface area (Å²) < 4.78 is 62.3. The molecule has 1 N–H and O–H groups in total. The van der Waals surface area contributed by atoms with Crippen LogP contribution in [0.25, 0.3) is 16.6 Å². The van der Waals surface area contributed by atoms with Crippen LogP contribution in [-0.2, 0) is 21.7 Å². The molecule has 4 aromatic carbocycles. The highest BCUT2D eigenvalue weighted by atomic mass is 32.1. The van der Waals surface area contributed by atoms with Gasteiger partial charge in [0.05, 0.1) is 31.5 Å². The number of aliphatic hydroxyl groups is 1. The average molecular weight is 661 g/mol. The Bertz CT molecular complexity index is 2030. The molecule has 1 unspecified atom stereocenters. The summed E-state index contributed by atoms with van der Waals surface area (Å²) in [6.07, 6.45) is 0.614. The maximum absolute atomic E-state index is 14.5. The number of aromatic nitrogens is 2. The van der Waals surface area contributed by atoms with Gasteiger partial charge in [0.2, 0.25) is 0 Å². The van der Waals surface area contributed by atoms with Gasteiger partial charge < -0.3 is 28.8 Å². The van der Waals surface area contributed by atoms with Crippen molar-refractivity contribution in [1.82, 2.24) is 8.75 Å². The van der Waals surface area contributed by atoms with Crippen LogP contribution < -0.4 is 18.9 Å². The van der Waals surface area contributed by atoms with Crippen LogP contribution in [0.1, 0.15) is 27.0 Å². The third kappa shape index (κ3) is 6.22.